The third-order valence-electron chi connectivity index (χ3n) is 10.2. The molecule has 206 valence electrons. The molecule has 4 rings (SSSR count). The molecule has 0 heterocycles. The summed E-state index contributed by atoms with van der Waals surface area (Å²) >= 11 is 0. The number of amides is 1. The molecular formula is C29H42FNO6. The van der Waals surface area contributed by atoms with Gasteiger partial charge in [0.15, 0.2) is 17.1 Å². The molecule has 37 heavy (non-hydrogen) atoms. The minimum Gasteiger partial charge on any atom is -0.434 e. The maximum atomic E-state index is 17.4. The van der Waals surface area contributed by atoms with Crippen LogP contribution in [0.1, 0.15) is 73.6 Å². The number of carbonyl (C=O) groups excluding carboxylic acids is 3. The second kappa shape index (κ2) is 9.30. The standard InChI is InChI=1S/C29H42FNO6/c1-16(2)11-18(4)31-25(36)37-29(24(35)15-32)17(3)12-22-21-8-7-19-13-20(33)9-10-26(19,5)28(21,30)23(34)14-27(22,29)6/h9-10,13,16-18,21-23,32,34H,7-8,11-12,14-15H2,1-6H3,(H,31,36)/t17-,18?,21-,22-,23-,26-,27-,28-,29-/m0/s1. The zero-order chi connectivity index (χ0) is 27.6. The molecule has 0 spiro atoms. The zero-order valence-electron chi connectivity index (χ0n) is 22.8. The minimum absolute atomic E-state index is 0.111. The van der Waals surface area contributed by atoms with E-state index in [2.05, 4.69) is 5.32 Å². The third kappa shape index (κ3) is 3.84. The maximum absolute atomic E-state index is 17.4. The topological polar surface area (TPSA) is 113 Å². The molecule has 4 aliphatic rings. The van der Waals surface area contributed by atoms with Crippen LogP contribution < -0.4 is 5.32 Å². The van der Waals surface area contributed by atoms with Gasteiger partial charge in [-0.15, -0.1) is 0 Å². The van der Waals surface area contributed by atoms with E-state index in [1.165, 1.54) is 12.2 Å². The van der Waals surface area contributed by atoms with Gasteiger partial charge in [0.1, 0.15) is 6.61 Å². The number of ether oxygens (including phenoxy) is 1. The molecule has 9 atom stereocenters. The van der Waals surface area contributed by atoms with Crippen LogP contribution in [0.5, 0.6) is 0 Å². The van der Waals surface area contributed by atoms with E-state index in [0.29, 0.717) is 30.8 Å². The summed E-state index contributed by atoms with van der Waals surface area (Å²) in [6.07, 6.45) is 4.18. The van der Waals surface area contributed by atoms with Crippen molar-refractivity contribution in [3.63, 3.8) is 0 Å². The summed E-state index contributed by atoms with van der Waals surface area (Å²) in [5.74, 6) is -1.95. The average molecular weight is 520 g/mol. The number of rotatable bonds is 6. The molecule has 0 aromatic carbocycles. The number of carbonyl (C=O) groups is 3. The Labute approximate surface area is 218 Å². The van der Waals surface area contributed by atoms with Crippen LogP contribution in [-0.2, 0) is 14.3 Å². The molecule has 0 aromatic rings. The molecule has 0 radical (unpaired) electrons. The number of nitrogens with one attached hydrogen (secondary N) is 1. The van der Waals surface area contributed by atoms with Crippen LogP contribution in [0.2, 0.25) is 0 Å². The zero-order valence-corrected chi connectivity index (χ0v) is 22.8. The summed E-state index contributed by atoms with van der Waals surface area (Å²) in [6, 6.07) is -0.186. The maximum Gasteiger partial charge on any atom is 0.408 e. The molecule has 0 bridgehead atoms. The van der Waals surface area contributed by atoms with Crippen molar-refractivity contribution in [1.29, 1.82) is 0 Å². The lowest BCUT2D eigenvalue weighted by Crippen LogP contribution is -2.70. The quantitative estimate of drug-likeness (QED) is 0.488. The van der Waals surface area contributed by atoms with Gasteiger partial charge < -0.3 is 20.3 Å². The van der Waals surface area contributed by atoms with Gasteiger partial charge in [-0.2, -0.15) is 0 Å². The highest BCUT2D eigenvalue weighted by atomic mass is 19.1. The molecule has 1 unspecified atom stereocenters. The molecule has 7 nitrogen and oxygen atoms in total. The summed E-state index contributed by atoms with van der Waals surface area (Å²) in [6.45, 7) is 10.5. The third-order valence-corrected chi connectivity index (χ3v) is 10.2. The Morgan fingerprint density at radius 3 is 2.54 bits per heavy atom. The number of hydrogen-bond donors (Lipinski definition) is 3. The van der Waals surface area contributed by atoms with Crippen molar-refractivity contribution in [3.05, 3.63) is 23.8 Å². The van der Waals surface area contributed by atoms with Crippen molar-refractivity contribution in [1.82, 2.24) is 5.32 Å². The molecule has 0 saturated heterocycles. The van der Waals surface area contributed by atoms with E-state index in [1.807, 2.05) is 27.7 Å². The molecule has 3 fully saturated rings. The number of alkyl halides is 1. The van der Waals surface area contributed by atoms with E-state index >= 15 is 4.39 Å². The molecule has 0 aliphatic heterocycles. The van der Waals surface area contributed by atoms with Crippen LogP contribution in [0.25, 0.3) is 0 Å². The molecule has 0 aromatic heterocycles. The molecule has 4 aliphatic carbocycles. The fourth-order valence-corrected chi connectivity index (χ4v) is 8.66. The predicted octanol–water partition coefficient (Wildman–Crippen LogP) is 4.06. The van der Waals surface area contributed by atoms with Crippen molar-refractivity contribution in [2.24, 2.45) is 34.5 Å². The van der Waals surface area contributed by atoms with E-state index in [4.69, 9.17) is 4.74 Å². The van der Waals surface area contributed by atoms with Crippen LogP contribution in [0.4, 0.5) is 9.18 Å². The number of alkyl carbamates (subject to hydrolysis) is 1. The second-order valence-electron chi connectivity index (χ2n) is 12.8. The van der Waals surface area contributed by atoms with E-state index in [-0.39, 0.29) is 24.2 Å². The first-order valence-corrected chi connectivity index (χ1v) is 13.6. The first-order valence-electron chi connectivity index (χ1n) is 13.6. The fourth-order valence-electron chi connectivity index (χ4n) is 8.66. The van der Waals surface area contributed by atoms with Crippen molar-refractivity contribution in [2.75, 3.05) is 6.61 Å². The Hall–Kier alpha value is -2.06. The van der Waals surface area contributed by atoms with E-state index in [9.17, 15) is 24.6 Å². The van der Waals surface area contributed by atoms with Crippen LogP contribution in [0.3, 0.4) is 0 Å². The fraction of sp³-hybridized carbons (Fsp3) is 0.759. The van der Waals surface area contributed by atoms with Gasteiger partial charge in [0.2, 0.25) is 5.78 Å². The van der Waals surface area contributed by atoms with Gasteiger partial charge in [0, 0.05) is 28.7 Å². The number of hydrogen-bond acceptors (Lipinski definition) is 6. The first-order chi connectivity index (χ1) is 17.2. The Morgan fingerprint density at radius 2 is 1.92 bits per heavy atom. The van der Waals surface area contributed by atoms with Gasteiger partial charge in [0.25, 0.3) is 0 Å². The number of fused-ring (bicyclic) bond motifs is 5. The van der Waals surface area contributed by atoms with E-state index in [1.54, 1.807) is 19.9 Å². The summed E-state index contributed by atoms with van der Waals surface area (Å²) < 4.78 is 23.4. The number of halogens is 1. The van der Waals surface area contributed by atoms with Crippen LogP contribution >= 0.6 is 0 Å². The van der Waals surface area contributed by atoms with Gasteiger partial charge in [-0.25, -0.2) is 9.18 Å². The highest BCUT2D eigenvalue weighted by Crippen LogP contribution is 2.71. The summed E-state index contributed by atoms with van der Waals surface area (Å²) in [5.41, 5.74) is -5.31. The Morgan fingerprint density at radius 1 is 1.24 bits per heavy atom. The van der Waals surface area contributed by atoms with Gasteiger partial charge in [-0.3, -0.25) is 9.59 Å². The van der Waals surface area contributed by atoms with Crippen molar-refractivity contribution < 1.29 is 33.7 Å². The normalized spacial score (nSPS) is 43.4. The highest BCUT2D eigenvalue weighted by Gasteiger charge is 2.77. The largest absolute Gasteiger partial charge is 0.434 e. The number of aliphatic hydroxyl groups excluding tert-OH is 2. The van der Waals surface area contributed by atoms with E-state index in [0.717, 1.165) is 6.42 Å². The molecule has 8 heteroatoms. The lowest BCUT2D eigenvalue weighted by atomic mass is 9.44. The van der Waals surface area contributed by atoms with Gasteiger partial charge >= 0.3 is 6.09 Å². The number of Topliss-reactive ketones (excluding diaryl/α,β-unsaturated/α-hetero) is 1. The van der Waals surface area contributed by atoms with Gasteiger partial charge in [0.05, 0.1) is 6.10 Å². The smallest absolute Gasteiger partial charge is 0.408 e. The predicted molar refractivity (Wildman–Crippen MR) is 136 cm³/mol. The Bertz CT molecular complexity index is 1040. The Kier molecular flexibility index (Phi) is 7.03. The van der Waals surface area contributed by atoms with Gasteiger partial charge in [-0.05, 0) is 69.9 Å². The molecule has 1 amide bonds. The Balaban J connectivity index is 1.74. The van der Waals surface area contributed by atoms with Crippen LogP contribution in [0, 0.1) is 34.5 Å². The number of allylic oxidation sites excluding steroid dienone is 4. The van der Waals surface area contributed by atoms with Crippen molar-refractivity contribution >= 4 is 17.7 Å². The number of ketones is 2. The molecule has 3 N–H and O–H groups in total. The monoisotopic (exact) mass is 519 g/mol. The summed E-state index contributed by atoms with van der Waals surface area (Å²) in [7, 11) is 0. The average Bonchev–Trinajstić information content (AvgIpc) is 3.01. The SMILES string of the molecule is CC(C)CC(C)NC(=O)O[C@]1(C(=O)CO)[C@@H](C)C[C@H]2[C@@H]3CCC4=CC(=O)C=C[C@]4(C)[C@@]3(F)[C@@H](O)C[C@@]21C. The van der Waals surface area contributed by atoms with Crippen molar-refractivity contribution in [2.45, 2.75) is 97.1 Å². The van der Waals surface area contributed by atoms with E-state index < -0.39 is 58.5 Å². The van der Waals surface area contributed by atoms with Crippen LogP contribution in [-0.4, -0.2) is 57.9 Å². The second-order valence-corrected chi connectivity index (χ2v) is 12.8. The number of aliphatic hydroxyl groups is 2. The highest BCUT2D eigenvalue weighted by molar-refractivity contribution is 6.01. The van der Waals surface area contributed by atoms with Crippen molar-refractivity contribution in [3.8, 4) is 0 Å². The molecular weight excluding hydrogens is 477 g/mol. The summed E-state index contributed by atoms with van der Waals surface area (Å²) in [4.78, 5) is 38.7. The lowest BCUT2D eigenvalue weighted by molar-refractivity contribution is -0.219. The lowest BCUT2D eigenvalue weighted by Gasteiger charge is -2.62. The molecule has 3 saturated carbocycles. The van der Waals surface area contributed by atoms with Crippen LogP contribution in [0.15, 0.2) is 23.8 Å². The minimum atomic E-state index is -2.05. The first kappa shape index (κ1) is 28.0. The summed E-state index contributed by atoms with van der Waals surface area (Å²) in [5, 5.41) is 24.4. The van der Waals surface area contributed by atoms with Gasteiger partial charge in [-0.1, -0.05) is 39.3 Å².